The predicted octanol–water partition coefficient (Wildman–Crippen LogP) is 18.5. The summed E-state index contributed by atoms with van der Waals surface area (Å²) < 4.78 is 16.8. The number of ether oxygens (including phenoxy) is 3. The summed E-state index contributed by atoms with van der Waals surface area (Å²) >= 11 is 0. The molecule has 0 aromatic heterocycles. The minimum Gasteiger partial charge on any atom is -0.462 e. The van der Waals surface area contributed by atoms with Crippen LogP contribution in [0.4, 0.5) is 0 Å². The molecule has 0 spiro atoms. The van der Waals surface area contributed by atoms with Crippen molar-refractivity contribution in [2.75, 3.05) is 13.2 Å². The Hall–Kier alpha value is -3.67. The summed E-state index contributed by atoms with van der Waals surface area (Å²) in [6, 6.07) is 0. The van der Waals surface area contributed by atoms with Gasteiger partial charge in [0.05, 0.1) is 0 Å². The highest BCUT2D eigenvalue weighted by atomic mass is 16.6. The van der Waals surface area contributed by atoms with Crippen molar-refractivity contribution < 1.29 is 28.6 Å². The van der Waals surface area contributed by atoms with Gasteiger partial charge in [-0.2, -0.15) is 0 Å². The Balaban J connectivity index is 4.49. The highest BCUT2D eigenvalue weighted by Crippen LogP contribution is 2.15. The van der Waals surface area contributed by atoms with E-state index in [4.69, 9.17) is 14.2 Å². The summed E-state index contributed by atoms with van der Waals surface area (Å²) in [5.41, 5.74) is 0. The van der Waals surface area contributed by atoms with Gasteiger partial charge in [0.15, 0.2) is 6.10 Å². The first-order valence-electron chi connectivity index (χ1n) is 27.8. The van der Waals surface area contributed by atoms with E-state index in [-0.39, 0.29) is 31.1 Å². The molecular weight excluding hydrogens is 829 g/mol. The van der Waals surface area contributed by atoms with Crippen molar-refractivity contribution in [2.24, 2.45) is 0 Å². The second-order valence-electron chi connectivity index (χ2n) is 18.3. The molecule has 0 N–H and O–H groups in total. The number of hydrogen-bond donors (Lipinski definition) is 0. The second kappa shape index (κ2) is 54.9. The Morgan fingerprint density at radius 3 is 0.866 bits per heavy atom. The molecular formula is C61H102O6. The summed E-state index contributed by atoms with van der Waals surface area (Å²) in [6.45, 7) is 6.53. The first-order chi connectivity index (χ1) is 33.0. The van der Waals surface area contributed by atoms with Gasteiger partial charge in [-0.25, -0.2) is 0 Å². The fraction of sp³-hybridized carbons (Fsp3) is 0.689. The van der Waals surface area contributed by atoms with Crippen LogP contribution in [0.5, 0.6) is 0 Å². The van der Waals surface area contributed by atoms with Crippen molar-refractivity contribution in [3.05, 3.63) is 97.2 Å². The van der Waals surface area contributed by atoms with Gasteiger partial charge in [-0.05, 0) is 70.6 Å². The molecule has 0 saturated carbocycles. The minimum absolute atomic E-state index is 0.0943. The van der Waals surface area contributed by atoms with E-state index < -0.39 is 6.10 Å². The fourth-order valence-electron chi connectivity index (χ4n) is 7.52. The lowest BCUT2D eigenvalue weighted by Gasteiger charge is -2.18. The van der Waals surface area contributed by atoms with Crippen LogP contribution in [0.2, 0.25) is 0 Å². The van der Waals surface area contributed by atoms with Crippen LogP contribution < -0.4 is 0 Å². The summed E-state index contributed by atoms with van der Waals surface area (Å²) in [6.07, 6.45) is 72.3. The van der Waals surface area contributed by atoms with Crippen LogP contribution in [0.25, 0.3) is 0 Å². The molecule has 0 heterocycles. The molecule has 1 atom stereocenters. The molecule has 382 valence electrons. The van der Waals surface area contributed by atoms with Gasteiger partial charge >= 0.3 is 17.9 Å². The van der Waals surface area contributed by atoms with Crippen LogP contribution in [0, 0.1) is 0 Å². The third kappa shape index (κ3) is 53.2. The van der Waals surface area contributed by atoms with Crippen molar-refractivity contribution in [3.63, 3.8) is 0 Å². The van der Waals surface area contributed by atoms with E-state index in [1.54, 1.807) is 0 Å². The molecule has 0 fully saturated rings. The largest absolute Gasteiger partial charge is 0.462 e. The van der Waals surface area contributed by atoms with E-state index in [1.807, 2.05) is 0 Å². The molecule has 0 aromatic carbocycles. The van der Waals surface area contributed by atoms with Crippen LogP contribution in [-0.2, 0) is 28.6 Å². The van der Waals surface area contributed by atoms with Gasteiger partial charge in [0.25, 0.3) is 0 Å². The zero-order valence-electron chi connectivity index (χ0n) is 43.6. The van der Waals surface area contributed by atoms with E-state index in [2.05, 4.69) is 118 Å². The molecule has 0 aromatic rings. The van der Waals surface area contributed by atoms with E-state index >= 15 is 0 Å². The van der Waals surface area contributed by atoms with Gasteiger partial charge in [-0.3, -0.25) is 14.4 Å². The molecule has 0 amide bonds. The molecule has 0 saturated heterocycles. The number of hydrogen-bond acceptors (Lipinski definition) is 6. The topological polar surface area (TPSA) is 78.9 Å². The Labute approximate surface area is 413 Å². The molecule has 6 nitrogen and oxygen atoms in total. The number of carbonyl (C=O) groups excluding carboxylic acids is 3. The molecule has 0 bridgehead atoms. The fourth-order valence-corrected chi connectivity index (χ4v) is 7.52. The lowest BCUT2D eigenvalue weighted by molar-refractivity contribution is -0.167. The predicted molar refractivity (Wildman–Crippen MR) is 288 cm³/mol. The van der Waals surface area contributed by atoms with Gasteiger partial charge in [0, 0.05) is 19.3 Å². The normalized spacial score (nSPS) is 12.8. The third-order valence-corrected chi connectivity index (χ3v) is 11.8. The van der Waals surface area contributed by atoms with Crippen molar-refractivity contribution in [3.8, 4) is 0 Å². The van der Waals surface area contributed by atoms with Crippen LogP contribution in [0.3, 0.4) is 0 Å². The lowest BCUT2D eigenvalue weighted by Crippen LogP contribution is -2.30. The SMILES string of the molecule is CCCCC\C=C/C=C\C=C/C=C\CCCCCCCC(=O)OCC(COC(=O)CCCCCCCCCCCCCCC)OC(=O)CCCCCCC\C=C/C=C\C=C/C=C\CCCCC. The molecule has 0 aliphatic heterocycles. The number of unbranched alkanes of at least 4 members (excludes halogenated alkanes) is 28. The Morgan fingerprint density at radius 1 is 0.299 bits per heavy atom. The van der Waals surface area contributed by atoms with Crippen molar-refractivity contribution in [1.29, 1.82) is 0 Å². The quantitative estimate of drug-likeness (QED) is 0.0262. The monoisotopic (exact) mass is 931 g/mol. The molecule has 0 aliphatic rings. The molecule has 0 radical (unpaired) electrons. The average molecular weight is 931 g/mol. The van der Waals surface area contributed by atoms with Crippen molar-refractivity contribution in [1.82, 2.24) is 0 Å². The molecule has 67 heavy (non-hydrogen) atoms. The highest BCUT2D eigenvalue weighted by Gasteiger charge is 2.19. The number of esters is 3. The summed E-state index contributed by atoms with van der Waals surface area (Å²) in [7, 11) is 0. The molecule has 0 rings (SSSR count). The van der Waals surface area contributed by atoms with Gasteiger partial charge in [-0.1, -0.05) is 259 Å². The van der Waals surface area contributed by atoms with E-state index in [1.165, 1.54) is 103 Å². The zero-order chi connectivity index (χ0) is 48.6. The number of rotatable bonds is 49. The summed E-state index contributed by atoms with van der Waals surface area (Å²) in [5, 5.41) is 0. The van der Waals surface area contributed by atoms with Gasteiger partial charge < -0.3 is 14.2 Å². The summed E-state index contributed by atoms with van der Waals surface area (Å²) in [5.74, 6) is -0.939. The average Bonchev–Trinajstić information content (AvgIpc) is 3.33. The summed E-state index contributed by atoms with van der Waals surface area (Å²) in [4.78, 5) is 38.1. The maximum absolute atomic E-state index is 12.8. The lowest BCUT2D eigenvalue weighted by atomic mass is 10.0. The van der Waals surface area contributed by atoms with E-state index in [9.17, 15) is 14.4 Å². The van der Waals surface area contributed by atoms with Crippen LogP contribution in [-0.4, -0.2) is 37.2 Å². The van der Waals surface area contributed by atoms with Crippen LogP contribution in [0.1, 0.15) is 252 Å². The smallest absolute Gasteiger partial charge is 0.306 e. The van der Waals surface area contributed by atoms with E-state index in [0.29, 0.717) is 19.3 Å². The molecule has 6 heteroatoms. The molecule has 1 unspecified atom stereocenters. The number of carbonyl (C=O) groups is 3. The minimum atomic E-state index is -0.800. The highest BCUT2D eigenvalue weighted by molar-refractivity contribution is 5.71. The first-order valence-corrected chi connectivity index (χ1v) is 27.8. The van der Waals surface area contributed by atoms with E-state index in [0.717, 1.165) is 109 Å². The van der Waals surface area contributed by atoms with Gasteiger partial charge in [0.1, 0.15) is 13.2 Å². The standard InChI is InChI=1S/C61H102O6/c1-4-7-10-13-16-19-22-25-27-29-31-33-36-39-42-45-48-51-54-60(63)66-57-58(56-65-59(62)53-50-47-44-41-38-35-24-21-18-15-12-9-6-3)67-61(64)55-52-49-46-43-40-37-34-32-30-28-26-23-20-17-14-11-8-5-2/h16-17,19-20,22-23,25-34,58H,4-15,18,21,24,35-57H2,1-3H3/b19-16-,20-17-,25-22-,26-23-,29-27-,30-28-,33-31-,34-32-. The zero-order valence-corrected chi connectivity index (χ0v) is 43.6. The Morgan fingerprint density at radius 2 is 0.537 bits per heavy atom. The third-order valence-electron chi connectivity index (χ3n) is 11.8. The maximum atomic E-state index is 12.8. The Bertz CT molecular complexity index is 1350. The molecule has 0 aliphatic carbocycles. The van der Waals surface area contributed by atoms with Gasteiger partial charge in [-0.15, -0.1) is 0 Å². The second-order valence-corrected chi connectivity index (χ2v) is 18.3. The van der Waals surface area contributed by atoms with Crippen molar-refractivity contribution in [2.45, 2.75) is 258 Å². The van der Waals surface area contributed by atoms with Crippen LogP contribution in [0.15, 0.2) is 97.2 Å². The Kier molecular flexibility index (Phi) is 51.9. The first kappa shape index (κ1) is 63.3. The van der Waals surface area contributed by atoms with Gasteiger partial charge in [0.2, 0.25) is 0 Å². The maximum Gasteiger partial charge on any atom is 0.306 e. The number of allylic oxidation sites excluding steroid dienone is 16. The van der Waals surface area contributed by atoms with Crippen LogP contribution >= 0.6 is 0 Å². The van der Waals surface area contributed by atoms with Crippen molar-refractivity contribution >= 4 is 17.9 Å².